The van der Waals surface area contributed by atoms with Gasteiger partial charge in [-0.1, -0.05) is 28.1 Å². The van der Waals surface area contributed by atoms with Crippen molar-refractivity contribution < 1.29 is 9.90 Å². The number of phenols is 1. The van der Waals surface area contributed by atoms with Crippen LogP contribution in [-0.4, -0.2) is 17.1 Å². The number of hydrogen-bond acceptors (Lipinski definition) is 3. The van der Waals surface area contributed by atoms with Crippen molar-refractivity contribution in [3.05, 3.63) is 58.1 Å². The minimum absolute atomic E-state index is 0.00218. The Morgan fingerprint density at radius 1 is 1.26 bits per heavy atom. The lowest BCUT2D eigenvalue weighted by Crippen LogP contribution is -1.90. The van der Waals surface area contributed by atoms with Crippen LogP contribution in [0.1, 0.15) is 22.8 Å². The molecule has 0 aliphatic heterocycles. The van der Waals surface area contributed by atoms with Crippen LogP contribution in [-0.2, 0) is 0 Å². The molecule has 2 rings (SSSR count). The Bertz CT molecular complexity index is 650. The van der Waals surface area contributed by atoms with Gasteiger partial charge in [0.2, 0.25) is 0 Å². The van der Waals surface area contributed by atoms with E-state index in [9.17, 15) is 9.90 Å². The minimum Gasteiger partial charge on any atom is -0.507 e. The molecular weight excluding hydrogens is 306 g/mol. The van der Waals surface area contributed by atoms with E-state index in [1.807, 2.05) is 0 Å². The first-order valence-corrected chi connectivity index (χ1v) is 6.49. The van der Waals surface area contributed by atoms with Gasteiger partial charge in [0.15, 0.2) is 5.78 Å². The van der Waals surface area contributed by atoms with Crippen LogP contribution in [0.3, 0.4) is 0 Å². The molecule has 4 heteroatoms. The van der Waals surface area contributed by atoms with Crippen LogP contribution in [0.25, 0.3) is 0 Å². The Morgan fingerprint density at radius 3 is 2.79 bits per heavy atom. The highest BCUT2D eigenvalue weighted by Gasteiger charge is 2.01. The lowest BCUT2D eigenvalue weighted by atomic mass is 10.1. The number of carbonyl (C=O) groups excluding carboxylic acids is 1. The quantitative estimate of drug-likeness (QED) is 0.684. The summed E-state index contributed by atoms with van der Waals surface area (Å²) in [5, 5.41) is 9.69. The van der Waals surface area contributed by atoms with Crippen molar-refractivity contribution in [3.8, 4) is 5.75 Å². The molecule has 0 saturated heterocycles. The summed E-state index contributed by atoms with van der Waals surface area (Å²) >= 11 is 3.34. The average Bonchev–Trinajstić information content (AvgIpc) is 2.40. The van der Waals surface area contributed by atoms with Gasteiger partial charge in [-0.25, -0.2) is 0 Å². The normalized spacial score (nSPS) is 10.8. The van der Waals surface area contributed by atoms with Gasteiger partial charge in [-0.15, -0.1) is 0 Å². The lowest BCUT2D eigenvalue weighted by molar-refractivity contribution is 0.101. The third kappa shape index (κ3) is 3.51. The van der Waals surface area contributed by atoms with E-state index in [1.54, 1.807) is 48.7 Å². The molecule has 0 spiro atoms. The number of Topliss-reactive ketones (excluding diaryl/α,β-unsaturated/α-hetero) is 1. The molecular formula is C15H12BrNO2. The van der Waals surface area contributed by atoms with E-state index in [0.717, 1.165) is 4.47 Å². The monoisotopic (exact) mass is 317 g/mol. The van der Waals surface area contributed by atoms with E-state index in [4.69, 9.17) is 0 Å². The van der Waals surface area contributed by atoms with Gasteiger partial charge >= 0.3 is 0 Å². The second kappa shape index (κ2) is 5.80. The summed E-state index contributed by atoms with van der Waals surface area (Å²) in [6.45, 7) is 1.52. The molecule has 2 aromatic rings. The largest absolute Gasteiger partial charge is 0.507 e. The topological polar surface area (TPSA) is 49.7 Å². The molecule has 0 aliphatic carbocycles. The van der Waals surface area contributed by atoms with E-state index in [-0.39, 0.29) is 11.5 Å². The van der Waals surface area contributed by atoms with Crippen molar-refractivity contribution in [1.29, 1.82) is 0 Å². The zero-order valence-corrected chi connectivity index (χ0v) is 11.9. The third-order valence-electron chi connectivity index (χ3n) is 2.59. The summed E-state index contributed by atoms with van der Waals surface area (Å²) < 4.78 is 0.865. The number of benzene rings is 2. The van der Waals surface area contributed by atoms with Gasteiger partial charge in [0.25, 0.3) is 0 Å². The highest BCUT2D eigenvalue weighted by atomic mass is 79.9. The third-order valence-corrected chi connectivity index (χ3v) is 3.09. The fraction of sp³-hybridized carbons (Fsp3) is 0.0667. The van der Waals surface area contributed by atoms with Crippen LogP contribution < -0.4 is 0 Å². The molecule has 19 heavy (non-hydrogen) atoms. The molecule has 0 saturated carbocycles. The molecule has 0 fully saturated rings. The van der Waals surface area contributed by atoms with Crippen molar-refractivity contribution in [1.82, 2.24) is 0 Å². The lowest BCUT2D eigenvalue weighted by Gasteiger charge is -2.00. The van der Waals surface area contributed by atoms with Crippen LogP contribution >= 0.6 is 15.9 Å². The number of hydrogen-bond donors (Lipinski definition) is 1. The van der Waals surface area contributed by atoms with Gasteiger partial charge in [0.05, 0.1) is 5.69 Å². The average molecular weight is 318 g/mol. The first-order chi connectivity index (χ1) is 9.06. The van der Waals surface area contributed by atoms with Gasteiger partial charge in [0, 0.05) is 21.8 Å². The van der Waals surface area contributed by atoms with Gasteiger partial charge < -0.3 is 5.11 Å². The summed E-state index contributed by atoms with van der Waals surface area (Å²) in [6.07, 6.45) is 1.57. The predicted molar refractivity (Wildman–Crippen MR) is 79.5 cm³/mol. The standard InChI is InChI=1S/C15H12BrNO2/c1-10(18)11-3-2-4-14(8-11)17-9-12-7-13(16)5-6-15(12)19/h2-9,19H,1H3/b17-9+. The summed E-state index contributed by atoms with van der Waals surface area (Å²) in [5.41, 5.74) is 1.91. The number of nitrogens with zero attached hydrogens (tertiary/aromatic N) is 1. The van der Waals surface area contributed by atoms with Gasteiger partial charge in [-0.2, -0.15) is 0 Å². The predicted octanol–water partition coefficient (Wildman–Crippen LogP) is 4.11. The van der Waals surface area contributed by atoms with Crippen molar-refractivity contribution in [2.24, 2.45) is 4.99 Å². The number of halogens is 1. The van der Waals surface area contributed by atoms with Crippen molar-refractivity contribution in [2.75, 3.05) is 0 Å². The van der Waals surface area contributed by atoms with E-state index in [0.29, 0.717) is 16.8 Å². The Hall–Kier alpha value is -1.94. The van der Waals surface area contributed by atoms with Crippen molar-refractivity contribution >= 4 is 33.6 Å². The van der Waals surface area contributed by atoms with Crippen LogP contribution in [0.5, 0.6) is 5.75 Å². The maximum absolute atomic E-state index is 11.3. The Morgan fingerprint density at radius 2 is 2.05 bits per heavy atom. The van der Waals surface area contributed by atoms with E-state index < -0.39 is 0 Å². The second-order valence-corrected chi connectivity index (χ2v) is 4.98. The number of aliphatic imine (C=N–C) groups is 1. The SMILES string of the molecule is CC(=O)c1cccc(/N=C/c2cc(Br)ccc2O)c1. The van der Waals surface area contributed by atoms with Gasteiger partial charge in [0.1, 0.15) is 5.75 Å². The van der Waals surface area contributed by atoms with Gasteiger partial charge in [-0.3, -0.25) is 9.79 Å². The molecule has 3 nitrogen and oxygen atoms in total. The molecule has 0 aliphatic rings. The summed E-state index contributed by atoms with van der Waals surface area (Å²) in [4.78, 5) is 15.5. The molecule has 0 bridgehead atoms. The number of phenolic OH excluding ortho intramolecular Hbond substituents is 1. The zero-order valence-electron chi connectivity index (χ0n) is 10.3. The van der Waals surface area contributed by atoms with Gasteiger partial charge in [-0.05, 0) is 37.3 Å². The highest BCUT2D eigenvalue weighted by molar-refractivity contribution is 9.10. The maximum atomic E-state index is 11.3. The Labute approximate surface area is 119 Å². The summed E-state index contributed by atoms with van der Waals surface area (Å²) in [6, 6.07) is 12.2. The summed E-state index contributed by atoms with van der Waals surface area (Å²) in [7, 11) is 0. The number of carbonyl (C=O) groups is 1. The molecule has 0 atom stereocenters. The Balaban J connectivity index is 2.30. The molecule has 96 valence electrons. The van der Waals surface area contributed by atoms with Crippen LogP contribution in [0.2, 0.25) is 0 Å². The van der Waals surface area contributed by atoms with E-state index in [1.165, 1.54) is 6.92 Å². The van der Waals surface area contributed by atoms with E-state index in [2.05, 4.69) is 20.9 Å². The molecule has 0 aromatic heterocycles. The molecule has 1 N–H and O–H groups in total. The molecule has 0 unspecified atom stereocenters. The molecule has 0 heterocycles. The first kappa shape index (κ1) is 13.5. The second-order valence-electron chi connectivity index (χ2n) is 4.07. The minimum atomic E-state index is 0.00218. The number of rotatable bonds is 3. The highest BCUT2D eigenvalue weighted by Crippen LogP contribution is 2.21. The summed E-state index contributed by atoms with van der Waals surface area (Å²) in [5.74, 6) is 0.164. The van der Waals surface area contributed by atoms with Crippen molar-refractivity contribution in [2.45, 2.75) is 6.92 Å². The van der Waals surface area contributed by atoms with Crippen LogP contribution in [0, 0.1) is 0 Å². The smallest absolute Gasteiger partial charge is 0.159 e. The molecule has 0 amide bonds. The zero-order chi connectivity index (χ0) is 13.8. The van der Waals surface area contributed by atoms with Crippen LogP contribution in [0.15, 0.2) is 51.9 Å². The molecule has 0 radical (unpaired) electrons. The van der Waals surface area contributed by atoms with Crippen molar-refractivity contribution in [3.63, 3.8) is 0 Å². The van der Waals surface area contributed by atoms with Crippen LogP contribution in [0.4, 0.5) is 5.69 Å². The fourth-order valence-electron chi connectivity index (χ4n) is 1.58. The number of ketones is 1. The maximum Gasteiger partial charge on any atom is 0.159 e. The molecule has 2 aromatic carbocycles. The number of aromatic hydroxyl groups is 1. The Kier molecular flexibility index (Phi) is 4.12. The first-order valence-electron chi connectivity index (χ1n) is 5.70. The fourth-order valence-corrected chi connectivity index (χ4v) is 1.96. The van der Waals surface area contributed by atoms with E-state index >= 15 is 0 Å².